The molecular weight excluding hydrogens is 397 g/mol. The fraction of sp³-hybridized carbons (Fsp3) is 0.273. The zero-order valence-corrected chi connectivity index (χ0v) is 16.4. The van der Waals surface area contributed by atoms with Gasteiger partial charge in [-0.1, -0.05) is 41.6 Å². The Labute approximate surface area is 173 Å². The van der Waals surface area contributed by atoms with Crippen LogP contribution in [0.3, 0.4) is 0 Å². The molecule has 0 aromatic heterocycles. The molecule has 7 heteroatoms. The number of benzene rings is 2. The minimum absolute atomic E-state index is 0.296. The van der Waals surface area contributed by atoms with Gasteiger partial charge in [0.05, 0.1) is 23.4 Å². The van der Waals surface area contributed by atoms with Crippen molar-refractivity contribution in [1.29, 1.82) is 0 Å². The van der Waals surface area contributed by atoms with Crippen molar-refractivity contribution in [2.24, 2.45) is 0 Å². The van der Waals surface area contributed by atoms with E-state index in [0.717, 1.165) is 31.5 Å². The van der Waals surface area contributed by atoms with Gasteiger partial charge >= 0.3 is 11.9 Å². The van der Waals surface area contributed by atoms with Gasteiger partial charge in [0.2, 0.25) is 0 Å². The van der Waals surface area contributed by atoms with Crippen molar-refractivity contribution in [3.63, 3.8) is 0 Å². The number of halogens is 2. The van der Waals surface area contributed by atoms with E-state index in [1.807, 2.05) is 6.07 Å². The highest BCUT2D eigenvalue weighted by atomic mass is 35.5. The third kappa shape index (κ3) is 7.22. The Kier molecular flexibility index (Phi) is 8.66. The summed E-state index contributed by atoms with van der Waals surface area (Å²) in [6, 6.07) is 10.5. The molecule has 1 aliphatic rings. The number of hydrogen-bond donors (Lipinski definition) is 3. The van der Waals surface area contributed by atoms with Gasteiger partial charge in [-0.3, -0.25) is 9.59 Å². The van der Waals surface area contributed by atoms with Crippen LogP contribution in [0.25, 0.3) is 0 Å². The molecule has 0 spiro atoms. The number of fused-ring (bicyclic) bond motifs is 1. The van der Waals surface area contributed by atoms with Crippen LogP contribution in [0.5, 0.6) is 0 Å². The van der Waals surface area contributed by atoms with Crippen LogP contribution in [0.4, 0.5) is 4.39 Å². The van der Waals surface area contributed by atoms with Crippen LogP contribution in [0.1, 0.15) is 35.1 Å². The molecule has 0 aliphatic carbocycles. The summed E-state index contributed by atoms with van der Waals surface area (Å²) in [4.78, 5) is 19.3. The summed E-state index contributed by atoms with van der Waals surface area (Å²) in [5, 5.41) is 19.8. The molecule has 1 heterocycles. The number of carboxylic acid groups (broad SMARTS) is 2. The smallest absolute Gasteiger partial charge is 0.303 e. The maximum absolute atomic E-state index is 13.7. The van der Waals surface area contributed by atoms with Gasteiger partial charge < -0.3 is 15.5 Å². The largest absolute Gasteiger partial charge is 0.481 e. The molecule has 1 aliphatic heterocycles. The van der Waals surface area contributed by atoms with Gasteiger partial charge in [0.15, 0.2) is 0 Å². The first kappa shape index (κ1) is 22.4. The molecule has 0 fully saturated rings. The lowest BCUT2D eigenvalue weighted by atomic mass is 9.97. The summed E-state index contributed by atoms with van der Waals surface area (Å²) in [7, 11) is 0. The maximum atomic E-state index is 13.7. The maximum Gasteiger partial charge on any atom is 0.303 e. The van der Waals surface area contributed by atoms with Gasteiger partial charge in [0, 0.05) is 5.56 Å². The van der Waals surface area contributed by atoms with Gasteiger partial charge in [-0.15, -0.1) is 0 Å². The number of carbonyl (C=O) groups is 2. The Morgan fingerprint density at radius 2 is 1.66 bits per heavy atom. The molecule has 3 rings (SSSR count). The van der Waals surface area contributed by atoms with Gasteiger partial charge in [0.1, 0.15) is 5.82 Å². The molecule has 0 atom stereocenters. The monoisotopic (exact) mass is 417 g/mol. The van der Waals surface area contributed by atoms with Crippen molar-refractivity contribution < 1.29 is 24.2 Å². The fourth-order valence-corrected chi connectivity index (χ4v) is 3.01. The van der Waals surface area contributed by atoms with Crippen molar-refractivity contribution in [1.82, 2.24) is 5.32 Å². The van der Waals surface area contributed by atoms with E-state index >= 15 is 0 Å². The predicted molar refractivity (Wildman–Crippen MR) is 109 cm³/mol. The van der Waals surface area contributed by atoms with Crippen molar-refractivity contribution in [3.05, 3.63) is 69.5 Å². The van der Waals surface area contributed by atoms with E-state index < -0.39 is 11.9 Å². The van der Waals surface area contributed by atoms with E-state index in [9.17, 15) is 14.0 Å². The number of aliphatic carboxylic acids is 2. The van der Waals surface area contributed by atoms with E-state index in [1.54, 1.807) is 18.2 Å². The van der Waals surface area contributed by atoms with E-state index in [4.69, 9.17) is 21.8 Å². The van der Waals surface area contributed by atoms with Crippen LogP contribution in [-0.2, 0) is 22.4 Å². The van der Waals surface area contributed by atoms with Crippen LogP contribution in [-0.4, -0.2) is 35.2 Å². The normalized spacial score (nSPS) is 12.3. The van der Waals surface area contributed by atoms with Gasteiger partial charge in [-0.05, 0) is 55.3 Å². The van der Waals surface area contributed by atoms with Crippen molar-refractivity contribution >= 4 is 23.5 Å². The van der Waals surface area contributed by atoms with Gasteiger partial charge in [0.25, 0.3) is 0 Å². The predicted octanol–water partition coefficient (Wildman–Crippen LogP) is 3.50. The van der Waals surface area contributed by atoms with E-state index in [0.29, 0.717) is 10.6 Å². The quantitative estimate of drug-likeness (QED) is 0.665. The average Bonchev–Trinajstić information content (AvgIpc) is 2.93. The molecule has 0 amide bonds. The molecule has 5 nitrogen and oxygen atoms in total. The summed E-state index contributed by atoms with van der Waals surface area (Å²) in [5.41, 5.74) is 3.71. The van der Waals surface area contributed by atoms with Crippen LogP contribution in [0.15, 0.2) is 36.4 Å². The highest BCUT2D eigenvalue weighted by Crippen LogP contribution is 2.25. The molecule has 0 saturated heterocycles. The SMILES string of the molecule is Fc1ccccc1C#Cc1c(Cl)ccc2c1CCNCC2.O=C(O)CCC(=O)O. The molecule has 0 radical (unpaired) electrons. The number of hydrogen-bond acceptors (Lipinski definition) is 3. The third-order valence-electron chi connectivity index (χ3n) is 4.23. The topological polar surface area (TPSA) is 86.6 Å². The zero-order chi connectivity index (χ0) is 21.2. The first-order chi connectivity index (χ1) is 13.9. The first-order valence-corrected chi connectivity index (χ1v) is 9.47. The molecule has 0 bridgehead atoms. The lowest BCUT2D eigenvalue weighted by Crippen LogP contribution is -2.16. The highest BCUT2D eigenvalue weighted by Gasteiger charge is 2.13. The standard InChI is InChI=1S/C18H15ClFN.C4H6O4/c19-17-8-6-13-9-11-21-12-10-15(13)16(17)7-5-14-3-1-2-4-18(14)20;5-3(6)1-2-4(7)8/h1-4,6,8,21H,9-12H2;1-2H2,(H,5,6)(H,7,8). The summed E-state index contributed by atoms with van der Waals surface area (Å²) in [6.45, 7) is 1.89. The molecular formula is C22H21ClFNO4. The second-order valence-corrected chi connectivity index (χ2v) is 6.73. The molecule has 0 unspecified atom stereocenters. The number of nitrogens with one attached hydrogen (secondary N) is 1. The van der Waals surface area contributed by atoms with Crippen molar-refractivity contribution in [3.8, 4) is 11.8 Å². The minimum atomic E-state index is -1.08. The van der Waals surface area contributed by atoms with Crippen molar-refractivity contribution in [2.75, 3.05) is 13.1 Å². The van der Waals surface area contributed by atoms with Crippen molar-refractivity contribution in [2.45, 2.75) is 25.7 Å². The Hall–Kier alpha value is -2.88. The van der Waals surface area contributed by atoms with E-state index in [2.05, 4.69) is 23.2 Å². The fourth-order valence-electron chi connectivity index (χ4n) is 2.79. The number of carboxylic acids is 2. The number of rotatable bonds is 3. The minimum Gasteiger partial charge on any atom is -0.481 e. The molecule has 3 N–H and O–H groups in total. The molecule has 0 saturated carbocycles. The van der Waals surface area contributed by atoms with E-state index in [-0.39, 0.29) is 18.7 Å². The Balaban J connectivity index is 0.000000321. The van der Waals surface area contributed by atoms with Gasteiger partial charge in [-0.25, -0.2) is 4.39 Å². The van der Waals surface area contributed by atoms with Crippen LogP contribution >= 0.6 is 11.6 Å². The summed E-state index contributed by atoms with van der Waals surface area (Å²) < 4.78 is 13.7. The molecule has 152 valence electrons. The lowest BCUT2D eigenvalue weighted by Gasteiger charge is -2.09. The first-order valence-electron chi connectivity index (χ1n) is 9.09. The average molecular weight is 418 g/mol. The lowest BCUT2D eigenvalue weighted by molar-refractivity contribution is -0.143. The molecule has 2 aromatic carbocycles. The third-order valence-corrected chi connectivity index (χ3v) is 4.55. The Morgan fingerprint density at radius 3 is 2.31 bits per heavy atom. The molecule has 29 heavy (non-hydrogen) atoms. The Morgan fingerprint density at radius 1 is 1.00 bits per heavy atom. The van der Waals surface area contributed by atoms with Gasteiger partial charge in [-0.2, -0.15) is 0 Å². The van der Waals surface area contributed by atoms with Crippen LogP contribution in [0, 0.1) is 17.7 Å². The van der Waals surface area contributed by atoms with Crippen LogP contribution in [0.2, 0.25) is 5.02 Å². The van der Waals surface area contributed by atoms with Crippen LogP contribution < -0.4 is 5.32 Å². The second kappa shape index (κ2) is 11.2. The second-order valence-electron chi connectivity index (χ2n) is 6.33. The summed E-state index contributed by atoms with van der Waals surface area (Å²) >= 11 is 6.30. The summed E-state index contributed by atoms with van der Waals surface area (Å²) in [6.07, 6.45) is 1.28. The molecule has 2 aromatic rings. The van der Waals surface area contributed by atoms with E-state index in [1.165, 1.54) is 17.2 Å². The summed E-state index contributed by atoms with van der Waals surface area (Å²) in [5.74, 6) is 3.53. The zero-order valence-electron chi connectivity index (χ0n) is 15.7. The highest BCUT2D eigenvalue weighted by molar-refractivity contribution is 6.31. The Bertz CT molecular complexity index is 936.